The monoisotopic (exact) mass is 753 g/mol. The van der Waals surface area contributed by atoms with E-state index in [4.69, 9.17) is 4.98 Å². The Morgan fingerprint density at radius 1 is 0.379 bits per heavy atom. The quantitative estimate of drug-likeness (QED) is 0.160. The van der Waals surface area contributed by atoms with Gasteiger partial charge in [0.25, 0.3) is 0 Å². The Balaban J connectivity index is 1.04. The average Bonchev–Trinajstić information content (AvgIpc) is 3.88. The van der Waals surface area contributed by atoms with Gasteiger partial charge >= 0.3 is 0 Å². The molecular formula is C56H35NS. The first-order valence-electron chi connectivity index (χ1n) is 19.9. The van der Waals surface area contributed by atoms with Gasteiger partial charge in [-0.3, -0.25) is 0 Å². The number of fused-ring (bicyclic) bond motifs is 10. The second kappa shape index (κ2) is 13.0. The molecule has 10 aromatic carbocycles. The van der Waals surface area contributed by atoms with E-state index >= 15 is 0 Å². The Kier molecular flexibility index (Phi) is 7.38. The van der Waals surface area contributed by atoms with Crippen molar-refractivity contribution < 1.29 is 0 Å². The van der Waals surface area contributed by atoms with Gasteiger partial charge in [0.2, 0.25) is 0 Å². The Hall–Kier alpha value is -7.13. The molecule has 0 amide bonds. The Morgan fingerprint density at radius 2 is 0.931 bits per heavy atom. The van der Waals surface area contributed by atoms with Crippen LogP contribution >= 0.6 is 11.3 Å². The maximum atomic E-state index is 5.09. The van der Waals surface area contributed by atoms with Gasteiger partial charge in [0.15, 0.2) is 0 Å². The number of benzene rings is 10. The summed E-state index contributed by atoms with van der Waals surface area (Å²) in [5.41, 5.74) is 14.3. The standard InChI is InChI=1S/C56H35NS/c1-4-14-39(15-5-1)55-57-51-32-29-38-25-23-37-24-26-42(34-49(37)52(38)54(51)58-55)40-16-12-17-41(33-40)43-28-30-47-48-31-27-36-13-10-11-22-46(36)53(48)56(50(47)35-43,44-18-6-2-7-19-44)45-20-8-3-9-21-45/h1-35H. The van der Waals surface area contributed by atoms with Gasteiger partial charge in [-0.25, -0.2) is 4.98 Å². The smallest absolute Gasteiger partial charge is 0.124 e. The summed E-state index contributed by atoms with van der Waals surface area (Å²) in [4.78, 5) is 5.09. The summed E-state index contributed by atoms with van der Waals surface area (Å²) < 4.78 is 1.24. The lowest BCUT2D eigenvalue weighted by molar-refractivity contribution is 0.776. The number of thiazole rings is 1. The molecule has 0 spiro atoms. The van der Waals surface area contributed by atoms with E-state index in [0.29, 0.717) is 0 Å². The fourth-order valence-electron chi connectivity index (χ4n) is 9.73. The predicted octanol–water partition coefficient (Wildman–Crippen LogP) is 15.1. The molecule has 0 atom stereocenters. The van der Waals surface area contributed by atoms with E-state index in [1.54, 1.807) is 11.3 Å². The molecule has 270 valence electrons. The van der Waals surface area contributed by atoms with Crippen molar-refractivity contribution in [3.63, 3.8) is 0 Å². The maximum absolute atomic E-state index is 5.09. The van der Waals surface area contributed by atoms with Crippen LogP contribution in [0.2, 0.25) is 0 Å². The molecule has 11 aromatic rings. The lowest BCUT2D eigenvalue weighted by atomic mass is 9.66. The molecular weight excluding hydrogens is 719 g/mol. The van der Waals surface area contributed by atoms with Gasteiger partial charge in [-0.2, -0.15) is 0 Å². The van der Waals surface area contributed by atoms with Crippen LogP contribution < -0.4 is 0 Å². The van der Waals surface area contributed by atoms with E-state index in [0.717, 1.165) is 16.1 Å². The lowest BCUT2D eigenvalue weighted by Crippen LogP contribution is -2.28. The molecule has 12 rings (SSSR count). The minimum Gasteiger partial charge on any atom is -0.236 e. The van der Waals surface area contributed by atoms with Crippen LogP contribution in [0.15, 0.2) is 212 Å². The van der Waals surface area contributed by atoms with Crippen molar-refractivity contribution in [3.05, 3.63) is 235 Å². The van der Waals surface area contributed by atoms with Crippen LogP contribution in [-0.4, -0.2) is 4.98 Å². The molecule has 1 nitrogen and oxygen atoms in total. The fourth-order valence-corrected chi connectivity index (χ4v) is 10.9. The second-order valence-corrected chi connectivity index (χ2v) is 16.4. The van der Waals surface area contributed by atoms with Gasteiger partial charge in [0.1, 0.15) is 5.01 Å². The minimum atomic E-state index is -0.497. The first kappa shape index (κ1) is 33.1. The van der Waals surface area contributed by atoms with Crippen LogP contribution in [0.25, 0.3) is 86.5 Å². The highest BCUT2D eigenvalue weighted by Crippen LogP contribution is 2.58. The Labute approximate surface area is 341 Å². The van der Waals surface area contributed by atoms with E-state index in [9.17, 15) is 0 Å². The maximum Gasteiger partial charge on any atom is 0.124 e. The zero-order chi connectivity index (χ0) is 38.2. The summed E-state index contributed by atoms with van der Waals surface area (Å²) in [6.45, 7) is 0. The van der Waals surface area contributed by atoms with Crippen molar-refractivity contribution in [1.82, 2.24) is 4.98 Å². The first-order chi connectivity index (χ1) is 28.7. The van der Waals surface area contributed by atoms with Gasteiger partial charge in [0.05, 0.1) is 15.6 Å². The zero-order valence-corrected chi connectivity index (χ0v) is 32.4. The second-order valence-electron chi connectivity index (χ2n) is 15.4. The molecule has 58 heavy (non-hydrogen) atoms. The highest BCUT2D eigenvalue weighted by atomic mass is 32.1. The summed E-state index contributed by atoms with van der Waals surface area (Å²) in [6.07, 6.45) is 0. The van der Waals surface area contributed by atoms with Crippen LogP contribution in [0.3, 0.4) is 0 Å². The van der Waals surface area contributed by atoms with Crippen LogP contribution in [0.1, 0.15) is 22.3 Å². The van der Waals surface area contributed by atoms with Crippen LogP contribution in [0, 0.1) is 0 Å². The van der Waals surface area contributed by atoms with E-state index < -0.39 is 5.41 Å². The normalized spacial score (nSPS) is 13.0. The number of rotatable bonds is 5. The molecule has 0 bridgehead atoms. The third-order valence-electron chi connectivity index (χ3n) is 12.3. The molecule has 1 heterocycles. The largest absolute Gasteiger partial charge is 0.236 e. The SMILES string of the molecule is c1ccc(-c2nc3ccc4ccc5ccc(-c6cccc(-c7ccc8c(c7)C(c7ccccc7)(c7ccccc7)c7c-8ccc8ccccc78)c6)cc5c4c3s2)cc1. The van der Waals surface area contributed by atoms with E-state index in [1.165, 1.54) is 92.7 Å². The van der Waals surface area contributed by atoms with E-state index in [1.807, 2.05) is 0 Å². The summed E-state index contributed by atoms with van der Waals surface area (Å²) in [7, 11) is 0. The lowest BCUT2D eigenvalue weighted by Gasteiger charge is -2.35. The van der Waals surface area contributed by atoms with Crippen LogP contribution in [0.5, 0.6) is 0 Å². The highest BCUT2D eigenvalue weighted by Gasteiger charge is 2.47. The third-order valence-corrected chi connectivity index (χ3v) is 13.5. The van der Waals surface area contributed by atoms with Gasteiger partial charge in [-0.05, 0) is 107 Å². The summed E-state index contributed by atoms with van der Waals surface area (Å²) >= 11 is 1.79. The minimum absolute atomic E-state index is 0.497. The van der Waals surface area contributed by atoms with E-state index in [2.05, 4.69) is 212 Å². The third kappa shape index (κ3) is 4.92. The molecule has 0 saturated heterocycles. The van der Waals surface area contributed by atoms with Gasteiger partial charge in [-0.15, -0.1) is 11.3 Å². The molecule has 1 aliphatic carbocycles. The van der Waals surface area contributed by atoms with Gasteiger partial charge < -0.3 is 0 Å². The number of hydrogen-bond donors (Lipinski definition) is 0. The molecule has 1 aromatic heterocycles. The number of nitrogens with zero attached hydrogens (tertiary/aromatic N) is 1. The topological polar surface area (TPSA) is 12.9 Å². The molecule has 2 heteroatoms. The summed E-state index contributed by atoms with van der Waals surface area (Å²) in [5.74, 6) is 0. The van der Waals surface area contributed by atoms with Crippen LogP contribution in [0.4, 0.5) is 0 Å². The molecule has 0 N–H and O–H groups in total. The molecule has 0 radical (unpaired) electrons. The molecule has 0 fully saturated rings. The Morgan fingerprint density at radius 3 is 1.71 bits per heavy atom. The van der Waals surface area contributed by atoms with Gasteiger partial charge in [0, 0.05) is 10.9 Å². The predicted molar refractivity (Wildman–Crippen MR) is 246 cm³/mol. The van der Waals surface area contributed by atoms with Crippen molar-refractivity contribution in [2.24, 2.45) is 0 Å². The number of hydrogen-bond acceptors (Lipinski definition) is 2. The molecule has 0 unspecified atom stereocenters. The summed E-state index contributed by atoms with van der Waals surface area (Å²) in [5, 5.41) is 8.61. The van der Waals surface area contributed by atoms with Crippen molar-refractivity contribution in [2.45, 2.75) is 5.41 Å². The van der Waals surface area contributed by atoms with Crippen molar-refractivity contribution in [3.8, 4) is 44.0 Å². The molecule has 0 aliphatic heterocycles. The molecule has 1 aliphatic rings. The molecule has 0 saturated carbocycles. The summed E-state index contributed by atoms with van der Waals surface area (Å²) in [6, 6.07) is 78.4. The number of aromatic nitrogens is 1. The highest BCUT2D eigenvalue weighted by molar-refractivity contribution is 7.22. The van der Waals surface area contributed by atoms with E-state index in [-0.39, 0.29) is 0 Å². The van der Waals surface area contributed by atoms with Crippen molar-refractivity contribution in [1.29, 1.82) is 0 Å². The van der Waals surface area contributed by atoms with Crippen molar-refractivity contribution in [2.75, 3.05) is 0 Å². The first-order valence-corrected chi connectivity index (χ1v) is 20.8. The zero-order valence-electron chi connectivity index (χ0n) is 31.6. The van der Waals surface area contributed by atoms with Crippen molar-refractivity contribution >= 4 is 53.9 Å². The average molecular weight is 754 g/mol. The van der Waals surface area contributed by atoms with Gasteiger partial charge in [-0.1, -0.05) is 188 Å². The van der Waals surface area contributed by atoms with Crippen LogP contribution in [-0.2, 0) is 5.41 Å². The Bertz CT molecular complexity index is 3340. The fraction of sp³-hybridized carbons (Fsp3) is 0.0179.